The lowest BCUT2D eigenvalue weighted by Crippen LogP contribution is -2.47. The maximum atomic E-state index is 12.8. The summed E-state index contributed by atoms with van der Waals surface area (Å²) in [6.45, 7) is 0.814. The lowest BCUT2D eigenvalue weighted by Gasteiger charge is -2.32. The predicted molar refractivity (Wildman–Crippen MR) is 66.6 cm³/mol. The van der Waals surface area contributed by atoms with Crippen molar-refractivity contribution < 1.29 is 17.1 Å². The number of nitrogens with two attached hydrogens (primary N) is 1. The van der Waals surface area contributed by atoms with E-state index >= 15 is 0 Å². The van der Waals surface area contributed by atoms with Gasteiger partial charge in [0.25, 0.3) is 0 Å². The van der Waals surface area contributed by atoms with Crippen LogP contribution < -0.4 is 10.6 Å². The van der Waals surface area contributed by atoms with E-state index in [1.165, 1.54) is 6.20 Å². The number of rotatable bonds is 3. The van der Waals surface area contributed by atoms with Crippen LogP contribution in [-0.4, -0.2) is 49.8 Å². The van der Waals surface area contributed by atoms with Gasteiger partial charge in [0.15, 0.2) is 0 Å². The summed E-state index contributed by atoms with van der Waals surface area (Å²) in [4.78, 5) is 16.8. The van der Waals surface area contributed by atoms with Crippen LogP contribution in [0.25, 0.3) is 0 Å². The fraction of sp³-hybridized carbons (Fsp3) is 0.400. The molecule has 1 aliphatic rings. The number of hydrogen-bond donors (Lipinski definition) is 1. The van der Waals surface area contributed by atoms with Crippen molar-refractivity contribution in [2.45, 2.75) is 0 Å². The molecule has 1 saturated heterocycles. The number of nitrogens with zero attached hydrogens (tertiary/aromatic N) is 3. The Morgan fingerprint density at radius 2 is 1.89 bits per heavy atom. The molecular formula is C10H13FN4O3S. The van der Waals surface area contributed by atoms with Gasteiger partial charge in [-0.05, 0) is 12.1 Å². The standard InChI is InChI=1S/C10H13FN4O3S/c11-19(17,18)15-5-3-14(4-6-15)9-2-1-8(7-13-9)10(12)16/h1-2,7H,3-6H2,(H2,12,16). The summed E-state index contributed by atoms with van der Waals surface area (Å²) in [6.07, 6.45) is 1.36. The number of pyridine rings is 1. The van der Waals surface area contributed by atoms with E-state index in [1.54, 1.807) is 12.1 Å². The monoisotopic (exact) mass is 288 g/mol. The first-order valence-electron chi connectivity index (χ1n) is 5.58. The summed E-state index contributed by atoms with van der Waals surface area (Å²) in [7, 11) is -4.62. The zero-order valence-electron chi connectivity index (χ0n) is 9.99. The number of piperazine rings is 1. The van der Waals surface area contributed by atoms with Crippen LogP contribution in [0.4, 0.5) is 9.70 Å². The van der Waals surface area contributed by atoms with Crippen LogP contribution in [0.3, 0.4) is 0 Å². The number of aromatic nitrogens is 1. The van der Waals surface area contributed by atoms with E-state index < -0.39 is 16.3 Å². The first-order chi connectivity index (χ1) is 8.88. The van der Waals surface area contributed by atoms with Gasteiger partial charge in [-0.1, -0.05) is 3.89 Å². The van der Waals surface area contributed by atoms with E-state index in [-0.39, 0.29) is 13.1 Å². The Balaban J connectivity index is 2.03. The van der Waals surface area contributed by atoms with Gasteiger partial charge in [-0.15, -0.1) is 0 Å². The molecule has 2 heterocycles. The van der Waals surface area contributed by atoms with E-state index in [1.807, 2.05) is 4.90 Å². The molecule has 0 aromatic carbocycles. The fourth-order valence-electron chi connectivity index (χ4n) is 1.85. The second-order valence-electron chi connectivity index (χ2n) is 4.10. The highest BCUT2D eigenvalue weighted by molar-refractivity contribution is 7.83. The Hall–Kier alpha value is -1.74. The van der Waals surface area contributed by atoms with E-state index in [4.69, 9.17) is 5.73 Å². The molecule has 1 fully saturated rings. The normalized spacial score (nSPS) is 17.4. The van der Waals surface area contributed by atoms with Gasteiger partial charge < -0.3 is 10.6 Å². The van der Waals surface area contributed by atoms with Crippen molar-refractivity contribution in [2.24, 2.45) is 5.73 Å². The fourth-order valence-corrected chi connectivity index (χ4v) is 2.45. The Kier molecular flexibility index (Phi) is 3.67. The predicted octanol–water partition coefficient (Wildman–Crippen LogP) is -0.483. The molecule has 2 N–H and O–H groups in total. The lowest BCUT2D eigenvalue weighted by atomic mass is 10.2. The van der Waals surface area contributed by atoms with Gasteiger partial charge >= 0.3 is 10.4 Å². The molecule has 9 heteroatoms. The third kappa shape index (κ3) is 3.18. The zero-order chi connectivity index (χ0) is 14.0. The number of halogens is 1. The minimum absolute atomic E-state index is 0.0675. The van der Waals surface area contributed by atoms with E-state index in [9.17, 15) is 17.1 Å². The average Bonchev–Trinajstić information content (AvgIpc) is 2.38. The molecule has 2 rings (SSSR count). The largest absolute Gasteiger partial charge is 0.374 e. The number of hydrogen-bond acceptors (Lipinski definition) is 5. The first-order valence-corrected chi connectivity index (χ1v) is 6.92. The smallest absolute Gasteiger partial charge is 0.366 e. The highest BCUT2D eigenvalue weighted by Crippen LogP contribution is 2.15. The summed E-state index contributed by atoms with van der Waals surface area (Å²) in [5.74, 6) is 0.0355. The van der Waals surface area contributed by atoms with Crippen molar-refractivity contribution in [1.29, 1.82) is 0 Å². The van der Waals surface area contributed by atoms with Crippen LogP contribution in [-0.2, 0) is 10.4 Å². The third-order valence-electron chi connectivity index (χ3n) is 2.90. The van der Waals surface area contributed by atoms with Crippen LogP contribution in [0.15, 0.2) is 18.3 Å². The van der Waals surface area contributed by atoms with Gasteiger partial charge in [0.2, 0.25) is 5.91 Å². The zero-order valence-corrected chi connectivity index (χ0v) is 10.8. The molecule has 0 bridgehead atoms. The molecule has 0 saturated carbocycles. The average molecular weight is 288 g/mol. The van der Waals surface area contributed by atoms with Crippen LogP contribution >= 0.6 is 0 Å². The van der Waals surface area contributed by atoms with Gasteiger partial charge in [0, 0.05) is 32.4 Å². The second kappa shape index (κ2) is 5.10. The number of carbonyl (C=O) groups excluding carboxylic acids is 1. The molecule has 104 valence electrons. The van der Waals surface area contributed by atoms with Crippen LogP contribution in [0, 0.1) is 0 Å². The van der Waals surface area contributed by atoms with Crippen LogP contribution in [0.2, 0.25) is 0 Å². The summed E-state index contributed by atoms with van der Waals surface area (Å²) in [5, 5.41) is 0. The Labute approximate surface area is 110 Å². The van der Waals surface area contributed by atoms with E-state index in [2.05, 4.69) is 4.98 Å². The molecule has 0 aliphatic carbocycles. The van der Waals surface area contributed by atoms with Crippen LogP contribution in [0.5, 0.6) is 0 Å². The summed E-state index contributed by atoms with van der Waals surface area (Å²) >= 11 is 0. The summed E-state index contributed by atoms with van der Waals surface area (Å²) in [5.41, 5.74) is 5.40. The molecule has 0 atom stereocenters. The minimum atomic E-state index is -4.62. The van der Waals surface area contributed by atoms with Crippen molar-refractivity contribution in [1.82, 2.24) is 9.29 Å². The Morgan fingerprint density at radius 3 is 2.32 bits per heavy atom. The Bertz CT molecular complexity index is 567. The molecule has 7 nitrogen and oxygen atoms in total. The van der Waals surface area contributed by atoms with Crippen molar-refractivity contribution in [3.63, 3.8) is 0 Å². The van der Waals surface area contributed by atoms with Crippen molar-refractivity contribution in [3.8, 4) is 0 Å². The van der Waals surface area contributed by atoms with E-state index in [0.29, 0.717) is 24.5 Å². The maximum absolute atomic E-state index is 12.8. The highest BCUT2D eigenvalue weighted by atomic mass is 32.3. The second-order valence-corrected chi connectivity index (χ2v) is 5.44. The van der Waals surface area contributed by atoms with Crippen molar-refractivity contribution in [2.75, 3.05) is 31.1 Å². The SMILES string of the molecule is NC(=O)c1ccc(N2CCN(S(=O)(=O)F)CC2)nc1. The van der Waals surface area contributed by atoms with Crippen LogP contribution in [0.1, 0.15) is 10.4 Å². The quantitative estimate of drug-likeness (QED) is 0.758. The molecule has 0 radical (unpaired) electrons. The molecule has 1 aromatic rings. The third-order valence-corrected chi connectivity index (χ3v) is 3.89. The minimum Gasteiger partial charge on any atom is -0.366 e. The molecular weight excluding hydrogens is 275 g/mol. The molecule has 1 amide bonds. The number of amides is 1. The van der Waals surface area contributed by atoms with Crippen molar-refractivity contribution in [3.05, 3.63) is 23.9 Å². The summed E-state index contributed by atoms with van der Waals surface area (Å²) in [6, 6.07) is 3.17. The lowest BCUT2D eigenvalue weighted by molar-refractivity contribution is 0.1000. The molecule has 0 spiro atoms. The van der Waals surface area contributed by atoms with Crippen molar-refractivity contribution >= 4 is 22.1 Å². The maximum Gasteiger partial charge on any atom is 0.374 e. The molecule has 1 aromatic heterocycles. The number of carbonyl (C=O) groups is 1. The van der Waals surface area contributed by atoms with Gasteiger partial charge in [-0.25, -0.2) is 4.98 Å². The highest BCUT2D eigenvalue weighted by Gasteiger charge is 2.26. The molecule has 0 unspecified atom stereocenters. The van der Waals surface area contributed by atoms with E-state index in [0.717, 1.165) is 4.31 Å². The molecule has 1 aliphatic heterocycles. The molecule has 19 heavy (non-hydrogen) atoms. The number of primary amides is 1. The van der Waals surface area contributed by atoms with Gasteiger partial charge in [0.05, 0.1) is 5.56 Å². The number of anilines is 1. The topological polar surface area (TPSA) is 96.6 Å². The van der Waals surface area contributed by atoms with Gasteiger partial charge in [-0.3, -0.25) is 4.79 Å². The van der Waals surface area contributed by atoms with Gasteiger partial charge in [-0.2, -0.15) is 12.7 Å². The van der Waals surface area contributed by atoms with Gasteiger partial charge in [0.1, 0.15) is 5.82 Å². The summed E-state index contributed by atoms with van der Waals surface area (Å²) < 4.78 is 35.0. The first kappa shape index (κ1) is 13.7. The Morgan fingerprint density at radius 1 is 1.26 bits per heavy atom.